The van der Waals surface area contributed by atoms with Crippen LogP contribution in [0, 0.1) is 20.8 Å². The van der Waals surface area contributed by atoms with Crippen LogP contribution >= 0.6 is 11.3 Å². The quantitative estimate of drug-likeness (QED) is 0.573. The van der Waals surface area contributed by atoms with Crippen LogP contribution in [-0.4, -0.2) is 11.0 Å². The van der Waals surface area contributed by atoms with Gasteiger partial charge in [-0.3, -0.25) is 0 Å². The van der Waals surface area contributed by atoms with Crippen LogP contribution in [0.15, 0.2) is 30.3 Å². The maximum Gasteiger partial charge on any atom is 0.184 e. The molecule has 1 aliphatic carbocycles. The molecule has 4 rings (SSSR count). The number of aromatic nitrogens is 1. The van der Waals surface area contributed by atoms with Crippen molar-refractivity contribution < 1.29 is 0 Å². The second-order valence-electron chi connectivity index (χ2n) is 7.42. The predicted molar refractivity (Wildman–Crippen MR) is 110 cm³/mol. The highest BCUT2D eigenvalue weighted by atomic mass is 32.1. The summed E-state index contributed by atoms with van der Waals surface area (Å²) in [6.45, 7) is 6.59. The lowest BCUT2D eigenvalue weighted by Crippen LogP contribution is -2.21. The van der Waals surface area contributed by atoms with Crippen molar-refractivity contribution in [2.75, 3.05) is 5.32 Å². The number of hydrogen-bond donors (Lipinski definition) is 1. The lowest BCUT2D eigenvalue weighted by molar-refractivity contribution is 0.462. The van der Waals surface area contributed by atoms with Gasteiger partial charge in [-0.2, -0.15) is 0 Å². The molecular formula is C22H26N2S. The molecule has 0 aliphatic heterocycles. The highest BCUT2D eigenvalue weighted by Gasteiger charge is 2.17. The summed E-state index contributed by atoms with van der Waals surface area (Å²) in [5.74, 6) is 0. The van der Waals surface area contributed by atoms with E-state index in [0.717, 1.165) is 10.6 Å². The minimum Gasteiger partial charge on any atom is -0.359 e. The monoisotopic (exact) mass is 350 g/mol. The van der Waals surface area contributed by atoms with E-state index in [4.69, 9.17) is 4.98 Å². The molecule has 3 heteroatoms. The van der Waals surface area contributed by atoms with Gasteiger partial charge in [-0.05, 0) is 56.4 Å². The van der Waals surface area contributed by atoms with Crippen molar-refractivity contribution in [3.05, 3.63) is 47.0 Å². The highest BCUT2D eigenvalue weighted by Crippen LogP contribution is 2.37. The maximum absolute atomic E-state index is 5.00. The summed E-state index contributed by atoms with van der Waals surface area (Å²) >= 11 is 1.79. The van der Waals surface area contributed by atoms with E-state index < -0.39 is 0 Å². The first kappa shape index (κ1) is 16.6. The van der Waals surface area contributed by atoms with Crippen LogP contribution in [-0.2, 0) is 0 Å². The number of benzene rings is 2. The molecule has 3 aromatic rings. The van der Waals surface area contributed by atoms with Gasteiger partial charge < -0.3 is 5.32 Å². The summed E-state index contributed by atoms with van der Waals surface area (Å²) in [5.41, 5.74) is 7.73. The predicted octanol–water partition coefficient (Wildman–Crippen LogP) is 6.63. The number of nitrogens with one attached hydrogen (secondary N) is 1. The number of hydrogen-bond acceptors (Lipinski definition) is 3. The molecule has 1 aromatic heterocycles. The molecule has 0 radical (unpaired) electrons. The number of aryl methyl sites for hydroxylation is 3. The van der Waals surface area contributed by atoms with Gasteiger partial charge in [-0.1, -0.05) is 60.4 Å². The minimum atomic E-state index is 0.598. The third kappa shape index (κ3) is 3.30. The Kier molecular flexibility index (Phi) is 4.51. The molecular weight excluding hydrogens is 324 g/mol. The normalized spacial score (nSPS) is 15.6. The first-order valence-electron chi connectivity index (χ1n) is 9.36. The molecule has 0 unspecified atom stereocenters. The first-order chi connectivity index (χ1) is 12.1. The molecule has 1 heterocycles. The molecule has 2 nitrogen and oxygen atoms in total. The Bertz CT molecular complexity index is 881. The number of anilines is 1. The van der Waals surface area contributed by atoms with Crippen molar-refractivity contribution in [2.45, 2.75) is 58.9 Å². The van der Waals surface area contributed by atoms with E-state index in [1.54, 1.807) is 11.3 Å². The number of nitrogens with zero attached hydrogens (tertiary/aromatic N) is 1. The van der Waals surface area contributed by atoms with E-state index in [-0.39, 0.29) is 0 Å². The highest BCUT2D eigenvalue weighted by molar-refractivity contribution is 7.22. The summed E-state index contributed by atoms with van der Waals surface area (Å²) in [5, 5.41) is 4.78. The van der Waals surface area contributed by atoms with Gasteiger partial charge in [-0.15, -0.1) is 0 Å². The molecule has 130 valence electrons. The van der Waals surface area contributed by atoms with E-state index in [1.807, 2.05) is 0 Å². The maximum atomic E-state index is 5.00. The van der Waals surface area contributed by atoms with Gasteiger partial charge >= 0.3 is 0 Å². The molecule has 1 aliphatic rings. The van der Waals surface area contributed by atoms with Crippen molar-refractivity contribution in [3.8, 4) is 11.1 Å². The molecule has 1 saturated carbocycles. The number of para-hydroxylation sites is 1. The van der Waals surface area contributed by atoms with Crippen LogP contribution in [0.25, 0.3) is 21.3 Å². The Hall–Kier alpha value is -1.87. The summed E-state index contributed by atoms with van der Waals surface area (Å²) in [6.07, 6.45) is 6.62. The fourth-order valence-electron chi connectivity index (χ4n) is 4.24. The van der Waals surface area contributed by atoms with E-state index in [1.165, 1.54) is 64.6 Å². The number of fused-ring (bicyclic) bond motifs is 1. The van der Waals surface area contributed by atoms with Gasteiger partial charge in [0.2, 0.25) is 0 Å². The minimum absolute atomic E-state index is 0.598. The Labute approximate surface area is 154 Å². The van der Waals surface area contributed by atoms with Gasteiger partial charge in [0.05, 0.1) is 10.2 Å². The van der Waals surface area contributed by atoms with Gasteiger partial charge in [0.25, 0.3) is 0 Å². The van der Waals surface area contributed by atoms with E-state index in [2.05, 4.69) is 56.4 Å². The SMILES string of the molecule is Cc1cc(C)c(-c2cccc3sc(NC4CCCCC4)nc23)c(C)c1. The van der Waals surface area contributed by atoms with Crippen molar-refractivity contribution in [1.29, 1.82) is 0 Å². The molecule has 0 spiro atoms. The van der Waals surface area contributed by atoms with Gasteiger partial charge in [-0.25, -0.2) is 4.98 Å². The van der Waals surface area contributed by atoms with Crippen LogP contribution < -0.4 is 5.32 Å². The second kappa shape index (κ2) is 6.80. The van der Waals surface area contributed by atoms with Gasteiger partial charge in [0.15, 0.2) is 5.13 Å². The van der Waals surface area contributed by atoms with Crippen LogP contribution in [0.5, 0.6) is 0 Å². The van der Waals surface area contributed by atoms with Crippen LogP contribution in [0.4, 0.5) is 5.13 Å². The van der Waals surface area contributed by atoms with Crippen LogP contribution in [0.1, 0.15) is 48.8 Å². The third-order valence-corrected chi connectivity index (χ3v) is 6.25. The van der Waals surface area contributed by atoms with Crippen LogP contribution in [0.3, 0.4) is 0 Å². The Morgan fingerprint density at radius 1 is 1.00 bits per heavy atom. The van der Waals surface area contributed by atoms with Crippen molar-refractivity contribution in [1.82, 2.24) is 4.98 Å². The average molecular weight is 351 g/mol. The van der Waals surface area contributed by atoms with Gasteiger partial charge in [0, 0.05) is 11.6 Å². The summed E-state index contributed by atoms with van der Waals surface area (Å²) < 4.78 is 1.27. The average Bonchev–Trinajstić information content (AvgIpc) is 2.98. The molecule has 25 heavy (non-hydrogen) atoms. The Balaban J connectivity index is 1.75. The van der Waals surface area contributed by atoms with Gasteiger partial charge in [0.1, 0.15) is 0 Å². The molecule has 0 atom stereocenters. The molecule has 0 saturated heterocycles. The smallest absolute Gasteiger partial charge is 0.184 e. The Morgan fingerprint density at radius 3 is 2.44 bits per heavy atom. The molecule has 1 fully saturated rings. The van der Waals surface area contributed by atoms with Crippen molar-refractivity contribution in [3.63, 3.8) is 0 Å². The van der Waals surface area contributed by atoms with Crippen molar-refractivity contribution >= 4 is 26.7 Å². The first-order valence-corrected chi connectivity index (χ1v) is 10.2. The zero-order valence-electron chi connectivity index (χ0n) is 15.4. The molecule has 0 amide bonds. The summed E-state index contributed by atoms with van der Waals surface area (Å²) in [7, 11) is 0. The fourth-order valence-corrected chi connectivity index (χ4v) is 5.21. The standard InChI is InChI=1S/C22H26N2S/c1-14-12-15(2)20(16(3)13-14)18-10-7-11-19-21(18)24-22(25-19)23-17-8-5-4-6-9-17/h7,10-13,17H,4-6,8-9H2,1-3H3,(H,23,24). The number of thiazole rings is 1. The fraction of sp³-hybridized carbons (Fsp3) is 0.409. The second-order valence-corrected chi connectivity index (χ2v) is 8.45. The summed E-state index contributed by atoms with van der Waals surface area (Å²) in [6, 6.07) is 11.7. The topological polar surface area (TPSA) is 24.9 Å². The van der Waals surface area contributed by atoms with Crippen molar-refractivity contribution in [2.24, 2.45) is 0 Å². The van der Waals surface area contributed by atoms with Crippen LogP contribution in [0.2, 0.25) is 0 Å². The zero-order chi connectivity index (χ0) is 17.4. The summed E-state index contributed by atoms with van der Waals surface area (Å²) in [4.78, 5) is 5.00. The largest absolute Gasteiger partial charge is 0.359 e. The molecule has 0 bridgehead atoms. The van der Waals surface area contributed by atoms with E-state index in [0.29, 0.717) is 6.04 Å². The lowest BCUT2D eigenvalue weighted by atomic mass is 9.93. The molecule has 1 N–H and O–H groups in total. The van der Waals surface area contributed by atoms with E-state index in [9.17, 15) is 0 Å². The third-order valence-electron chi connectivity index (χ3n) is 5.30. The molecule has 2 aromatic carbocycles. The number of rotatable bonds is 3. The Morgan fingerprint density at radius 2 is 1.72 bits per heavy atom. The lowest BCUT2D eigenvalue weighted by Gasteiger charge is -2.22. The van der Waals surface area contributed by atoms with E-state index >= 15 is 0 Å². The zero-order valence-corrected chi connectivity index (χ0v) is 16.2.